The Labute approximate surface area is 141 Å². The minimum atomic E-state index is -0.215. The van der Waals surface area contributed by atoms with Crippen molar-refractivity contribution in [1.82, 2.24) is 0 Å². The van der Waals surface area contributed by atoms with Gasteiger partial charge in [-0.05, 0) is 17.4 Å². The van der Waals surface area contributed by atoms with Gasteiger partial charge in [0, 0.05) is 10.6 Å². The Kier molecular flexibility index (Phi) is 6.41. The summed E-state index contributed by atoms with van der Waals surface area (Å²) in [5.74, 6) is -0.215. The van der Waals surface area contributed by atoms with E-state index in [0.717, 1.165) is 5.30 Å². The Morgan fingerprint density at radius 1 is 1.00 bits per heavy atom. The second kappa shape index (κ2) is 7.14. The van der Waals surface area contributed by atoms with E-state index < -0.39 is 0 Å². The van der Waals surface area contributed by atoms with Gasteiger partial charge in [0.2, 0.25) is 0 Å². The van der Waals surface area contributed by atoms with Crippen molar-refractivity contribution in [1.29, 1.82) is 0 Å². The van der Waals surface area contributed by atoms with Crippen LogP contribution in [0, 0.1) is 0 Å². The predicted molar refractivity (Wildman–Crippen MR) is 87.8 cm³/mol. The summed E-state index contributed by atoms with van der Waals surface area (Å²) in [7, 11) is 2.51. The quantitative estimate of drug-likeness (QED) is 0.467. The van der Waals surface area contributed by atoms with Crippen molar-refractivity contribution in [2.45, 2.75) is 0 Å². The van der Waals surface area contributed by atoms with Crippen molar-refractivity contribution in [2.24, 2.45) is 0 Å². The third-order valence-electron chi connectivity index (χ3n) is 2.44. The summed E-state index contributed by atoms with van der Waals surface area (Å²) in [5.41, 5.74) is 0.825. The fourth-order valence-electron chi connectivity index (χ4n) is 1.60. The molecular formula is C13H9Cl3LiOP. The van der Waals surface area contributed by atoms with Gasteiger partial charge in [-0.1, -0.05) is 59.1 Å². The molecule has 2 rings (SSSR count). The van der Waals surface area contributed by atoms with E-state index in [0.29, 0.717) is 10.6 Å². The van der Waals surface area contributed by atoms with Crippen LogP contribution >= 0.6 is 44.0 Å². The van der Waals surface area contributed by atoms with Crippen LogP contribution in [0.1, 0.15) is 15.9 Å². The molecule has 94 valence electrons. The second-order valence-electron chi connectivity index (χ2n) is 3.66. The van der Waals surface area contributed by atoms with Gasteiger partial charge >= 0.3 is 18.9 Å². The van der Waals surface area contributed by atoms with Crippen LogP contribution in [-0.2, 0) is 0 Å². The van der Waals surface area contributed by atoms with Crippen molar-refractivity contribution >= 4 is 74.0 Å². The van der Waals surface area contributed by atoms with E-state index in [1.165, 1.54) is 12.1 Å². The summed E-state index contributed by atoms with van der Waals surface area (Å²) in [6, 6.07) is 10.2. The second-order valence-corrected chi connectivity index (χ2v) is 5.53. The Hall–Kier alpha value is 0.00740. The molecule has 0 aliphatic carbocycles. The van der Waals surface area contributed by atoms with Crippen LogP contribution in [0.15, 0.2) is 36.4 Å². The molecule has 0 N–H and O–H groups in total. The number of benzene rings is 2. The molecule has 0 fully saturated rings. The van der Waals surface area contributed by atoms with Gasteiger partial charge < -0.3 is 0 Å². The molecule has 19 heavy (non-hydrogen) atoms. The Morgan fingerprint density at radius 3 is 2.05 bits per heavy atom. The molecule has 0 spiro atoms. The first-order valence-electron chi connectivity index (χ1n) is 5.04. The molecule has 0 heterocycles. The van der Waals surface area contributed by atoms with Gasteiger partial charge in [-0.15, -0.1) is 9.24 Å². The normalized spacial score (nSPS) is 9.89. The monoisotopic (exact) mass is 324 g/mol. The van der Waals surface area contributed by atoms with E-state index in [4.69, 9.17) is 34.8 Å². The van der Waals surface area contributed by atoms with Crippen LogP contribution in [0.3, 0.4) is 0 Å². The molecule has 1 atom stereocenters. The Morgan fingerprint density at radius 2 is 1.53 bits per heavy atom. The van der Waals surface area contributed by atoms with Gasteiger partial charge in [-0.25, -0.2) is 0 Å². The number of ketones is 1. The molecule has 0 aromatic heterocycles. The average Bonchev–Trinajstić information content (AvgIpc) is 2.27. The molecule has 2 aromatic carbocycles. The maximum atomic E-state index is 12.4. The fraction of sp³-hybridized carbons (Fsp3) is 0. The molecule has 1 unspecified atom stereocenters. The van der Waals surface area contributed by atoms with Crippen LogP contribution in [0.5, 0.6) is 0 Å². The van der Waals surface area contributed by atoms with Crippen LogP contribution < -0.4 is 5.30 Å². The molecule has 1 nitrogen and oxygen atoms in total. The first-order valence-corrected chi connectivity index (χ1v) is 6.75. The fourth-order valence-corrected chi connectivity index (χ4v) is 2.92. The number of carbonyl (C=O) groups excluding carboxylic acids is 1. The third kappa shape index (κ3) is 3.77. The van der Waals surface area contributed by atoms with Crippen molar-refractivity contribution in [3.63, 3.8) is 0 Å². The van der Waals surface area contributed by atoms with Gasteiger partial charge in [0.15, 0.2) is 5.78 Å². The van der Waals surface area contributed by atoms with Crippen molar-refractivity contribution in [2.75, 3.05) is 0 Å². The first-order chi connectivity index (χ1) is 8.50. The first kappa shape index (κ1) is 17.1. The summed E-state index contributed by atoms with van der Waals surface area (Å²) >= 11 is 17.9. The molecule has 0 saturated carbocycles. The molecule has 0 radical (unpaired) electrons. The van der Waals surface area contributed by atoms with Gasteiger partial charge in [-0.2, -0.15) is 0 Å². The minimum absolute atomic E-state index is 0. The molecular weight excluding hydrogens is 316 g/mol. The molecule has 0 amide bonds. The van der Waals surface area contributed by atoms with Crippen LogP contribution in [-0.4, -0.2) is 24.6 Å². The number of hydrogen-bond donors (Lipinski definition) is 0. The number of hydrogen-bond acceptors (Lipinski definition) is 1. The maximum absolute atomic E-state index is 12.4. The summed E-state index contributed by atoms with van der Waals surface area (Å²) in [5, 5.41) is 1.71. The zero-order valence-corrected chi connectivity index (χ0v) is 12.5. The van der Waals surface area contributed by atoms with Gasteiger partial charge in [0.1, 0.15) is 0 Å². The molecule has 2 aromatic rings. The molecule has 0 bridgehead atoms. The Bertz CT molecular complexity index is 608. The van der Waals surface area contributed by atoms with E-state index in [1.54, 1.807) is 12.1 Å². The number of carbonyl (C=O) groups is 1. The number of rotatable bonds is 2. The van der Waals surface area contributed by atoms with E-state index >= 15 is 0 Å². The zero-order chi connectivity index (χ0) is 13.3. The summed E-state index contributed by atoms with van der Waals surface area (Å²) in [4.78, 5) is 12.4. The summed E-state index contributed by atoms with van der Waals surface area (Å²) < 4.78 is 0. The van der Waals surface area contributed by atoms with Crippen LogP contribution in [0.25, 0.3) is 0 Å². The zero-order valence-electron chi connectivity index (χ0n) is 9.08. The van der Waals surface area contributed by atoms with Gasteiger partial charge in [-0.3, -0.25) is 4.79 Å². The molecule has 0 saturated heterocycles. The van der Waals surface area contributed by atoms with Crippen molar-refractivity contribution in [3.05, 3.63) is 62.6 Å². The standard InChI is InChI=1S/C13H8Cl3OP.Li.H/c14-7-5-9(15)12(10(16)6-7)13(17)8-3-1-2-4-11(8)18;;/h1-6H,18H2;;. The van der Waals surface area contributed by atoms with Gasteiger partial charge in [0.05, 0.1) is 15.6 Å². The van der Waals surface area contributed by atoms with Crippen LogP contribution in [0.2, 0.25) is 15.1 Å². The van der Waals surface area contributed by atoms with Crippen molar-refractivity contribution in [3.8, 4) is 0 Å². The molecule has 0 aliphatic heterocycles. The predicted octanol–water partition coefficient (Wildman–Crippen LogP) is 3.73. The van der Waals surface area contributed by atoms with E-state index in [-0.39, 0.29) is 40.3 Å². The van der Waals surface area contributed by atoms with Crippen molar-refractivity contribution < 1.29 is 4.79 Å². The SMILES string of the molecule is O=C(c1ccccc1P)c1c(Cl)cc(Cl)cc1Cl.[LiH]. The Balaban J connectivity index is 0.00000180. The van der Waals surface area contributed by atoms with E-state index in [1.807, 2.05) is 12.1 Å². The van der Waals surface area contributed by atoms with E-state index in [2.05, 4.69) is 9.24 Å². The average molecular weight is 325 g/mol. The van der Waals surface area contributed by atoms with Gasteiger partial charge in [0.25, 0.3) is 0 Å². The summed E-state index contributed by atoms with van der Waals surface area (Å²) in [6.07, 6.45) is 0. The molecule has 0 aliphatic rings. The number of halogens is 3. The molecule has 6 heteroatoms. The summed E-state index contributed by atoms with van der Waals surface area (Å²) in [6.45, 7) is 0. The van der Waals surface area contributed by atoms with E-state index in [9.17, 15) is 4.79 Å². The van der Waals surface area contributed by atoms with Crippen LogP contribution in [0.4, 0.5) is 0 Å². The third-order valence-corrected chi connectivity index (χ3v) is 3.76. The topological polar surface area (TPSA) is 17.1 Å².